The van der Waals surface area contributed by atoms with E-state index in [-0.39, 0.29) is 61.5 Å². The first-order chi connectivity index (χ1) is 5.66. The van der Waals surface area contributed by atoms with Crippen molar-refractivity contribution in [3.8, 4) is 0 Å². The largest absolute Gasteiger partial charge is 1.00 e. The van der Waals surface area contributed by atoms with Gasteiger partial charge in [0.15, 0.2) is 0 Å². The molecule has 0 aromatic carbocycles. The number of nitrogens with one attached hydrogen (secondary N) is 1. The third-order valence-corrected chi connectivity index (χ3v) is 1.64. The highest BCUT2D eigenvalue weighted by Gasteiger charge is 2.03. The number of rotatable bonds is 6. The van der Waals surface area contributed by atoms with Gasteiger partial charge < -0.3 is 65.7 Å². The lowest BCUT2D eigenvalue weighted by molar-refractivity contribution is -0.368. The standard InChI is InChI=1S/C8H18N2O2.3ClH.2H3N/c1-7(11)10-6-4-8(12)3-2-5-9;;;;;/h8,12H,2-6,9H2,1H3,(H,10,11);3*1H;2*1H3. The maximum absolute atomic E-state index is 10.4. The smallest absolute Gasteiger partial charge is 0.216 e. The lowest BCUT2D eigenvalue weighted by atomic mass is 10.1. The van der Waals surface area contributed by atoms with E-state index in [1.807, 2.05) is 0 Å². The van der Waals surface area contributed by atoms with Gasteiger partial charge in [0.2, 0.25) is 5.91 Å². The highest BCUT2D eigenvalue weighted by molar-refractivity contribution is 5.72. The second-order valence-electron chi connectivity index (χ2n) is 2.92. The molecule has 1 atom stereocenters. The van der Waals surface area contributed by atoms with E-state index in [0.29, 0.717) is 13.0 Å². The zero-order chi connectivity index (χ0) is 9.40. The van der Waals surface area contributed by atoms with Gasteiger partial charge in [0, 0.05) is 13.5 Å². The van der Waals surface area contributed by atoms with E-state index >= 15 is 0 Å². The van der Waals surface area contributed by atoms with Gasteiger partial charge in [-0.15, -0.1) is 0 Å². The van der Waals surface area contributed by atoms with Gasteiger partial charge in [0.25, 0.3) is 0 Å². The van der Waals surface area contributed by atoms with Crippen LogP contribution in [-0.4, -0.2) is 30.2 Å². The molecule has 0 saturated heterocycles. The first-order valence-electron chi connectivity index (χ1n) is 4.38. The number of carbonyl (C=O) groups is 1. The molecule has 0 aliphatic heterocycles. The summed E-state index contributed by atoms with van der Waals surface area (Å²) in [5, 5.41) is 12.0. The quantitative estimate of drug-likeness (QED) is 0.331. The minimum absolute atomic E-state index is 0. The fraction of sp³-hybridized carbons (Fsp3) is 0.875. The molecule has 0 fully saturated rings. The Morgan fingerprint density at radius 3 is 2.06 bits per heavy atom. The van der Waals surface area contributed by atoms with Gasteiger partial charge in [-0.2, -0.15) is 0 Å². The number of aliphatic hydroxyl groups excluding tert-OH is 1. The predicted octanol–water partition coefficient (Wildman–Crippen LogP) is -9.34. The van der Waals surface area contributed by atoms with E-state index < -0.39 is 0 Å². The summed E-state index contributed by atoms with van der Waals surface area (Å²) in [4.78, 5) is 10.4. The molecule has 6 nitrogen and oxygen atoms in total. The second-order valence-corrected chi connectivity index (χ2v) is 2.92. The van der Waals surface area contributed by atoms with Crippen LogP contribution >= 0.6 is 0 Å². The average molecular weight is 318 g/mol. The second kappa shape index (κ2) is 25.1. The number of hydrogen-bond acceptors (Lipinski definition) is 2. The van der Waals surface area contributed by atoms with Crippen LogP contribution in [0.1, 0.15) is 26.2 Å². The number of amides is 1. The molecular weight excluding hydrogens is 290 g/mol. The molecule has 9 heteroatoms. The van der Waals surface area contributed by atoms with Crippen LogP contribution in [0.5, 0.6) is 0 Å². The molecule has 0 heterocycles. The topological polar surface area (TPSA) is 150 Å². The minimum atomic E-state index is -0.293. The Balaban J connectivity index is -0.0000000605. The van der Waals surface area contributed by atoms with Crippen LogP contribution in [0.15, 0.2) is 0 Å². The van der Waals surface area contributed by atoms with Crippen LogP contribution in [0.25, 0.3) is 0 Å². The van der Waals surface area contributed by atoms with E-state index in [2.05, 4.69) is 11.1 Å². The van der Waals surface area contributed by atoms with Crippen molar-refractivity contribution in [2.24, 2.45) is 0 Å². The van der Waals surface area contributed by atoms with Crippen molar-refractivity contribution in [2.45, 2.75) is 32.3 Å². The van der Waals surface area contributed by atoms with Gasteiger partial charge in [-0.05, 0) is 19.3 Å². The van der Waals surface area contributed by atoms with Gasteiger partial charge in [-0.25, -0.2) is 0 Å². The first kappa shape index (κ1) is 36.0. The van der Waals surface area contributed by atoms with Gasteiger partial charge >= 0.3 is 0 Å². The Kier molecular flexibility index (Phi) is 53.2. The summed E-state index contributed by atoms with van der Waals surface area (Å²) in [5.74, 6) is -0.0423. The molecule has 0 aliphatic carbocycles. The van der Waals surface area contributed by atoms with Crippen molar-refractivity contribution < 1.29 is 52.9 Å². The Labute approximate surface area is 122 Å². The summed E-state index contributed by atoms with van der Waals surface area (Å²) in [6, 6.07) is 0. The lowest BCUT2D eigenvalue weighted by Gasteiger charge is -2.08. The number of hydrogen-bond donors (Lipinski definition) is 5. The van der Waals surface area contributed by atoms with Crippen LogP contribution in [0.3, 0.4) is 0 Å². The van der Waals surface area contributed by atoms with E-state index in [9.17, 15) is 9.90 Å². The van der Waals surface area contributed by atoms with Crippen molar-refractivity contribution in [3.63, 3.8) is 0 Å². The first-order valence-corrected chi connectivity index (χ1v) is 4.38. The molecule has 1 unspecified atom stereocenters. The number of quaternary nitrogens is 3. The molecule has 0 aliphatic rings. The van der Waals surface area contributed by atoms with Crippen LogP contribution in [0.2, 0.25) is 0 Å². The maximum atomic E-state index is 10.4. The molecule has 17 heavy (non-hydrogen) atoms. The fourth-order valence-corrected chi connectivity index (χ4v) is 0.939. The number of aliphatic hydroxyl groups is 1. The third kappa shape index (κ3) is 31.4. The molecule has 0 saturated carbocycles. The van der Waals surface area contributed by atoms with Crippen molar-refractivity contribution >= 4 is 5.91 Å². The Morgan fingerprint density at radius 2 is 1.71 bits per heavy atom. The minimum Gasteiger partial charge on any atom is -1.00 e. The zero-order valence-corrected chi connectivity index (χ0v) is 13.1. The number of halogens is 3. The van der Waals surface area contributed by atoms with E-state index in [0.717, 1.165) is 19.4 Å². The average Bonchev–Trinajstić information content (AvgIpc) is 2.00. The van der Waals surface area contributed by atoms with Crippen molar-refractivity contribution in [2.75, 3.05) is 13.1 Å². The zero-order valence-electron chi connectivity index (χ0n) is 10.8. The summed E-state index contributed by atoms with van der Waals surface area (Å²) in [7, 11) is 0. The summed E-state index contributed by atoms with van der Waals surface area (Å²) >= 11 is 0. The SMILES string of the molecule is CC(=O)NCCC(O)CCC[NH3+].[Cl-].[Cl-].[Cl-].[NH4+].[NH4+]. The lowest BCUT2D eigenvalue weighted by Crippen LogP contribution is -3.00. The Hall–Kier alpha value is 0.180. The van der Waals surface area contributed by atoms with Crippen LogP contribution < -0.4 is 60.6 Å². The number of carbonyl (C=O) groups excluding carboxylic acids is 1. The predicted molar refractivity (Wildman–Crippen MR) is 58.3 cm³/mol. The molecule has 112 valence electrons. The molecule has 0 aromatic rings. The third-order valence-electron chi connectivity index (χ3n) is 1.64. The van der Waals surface area contributed by atoms with Crippen LogP contribution in [-0.2, 0) is 4.79 Å². The highest BCUT2D eigenvalue weighted by Crippen LogP contribution is 1.98. The maximum Gasteiger partial charge on any atom is 0.216 e. The Bertz CT molecular complexity index is 144. The molecule has 0 rings (SSSR count). The van der Waals surface area contributed by atoms with Gasteiger partial charge in [0.1, 0.15) is 0 Å². The molecule has 0 bridgehead atoms. The summed E-state index contributed by atoms with van der Waals surface area (Å²) in [5.41, 5.74) is 3.69. The molecule has 0 aromatic heterocycles. The molecule has 13 N–H and O–H groups in total. The Morgan fingerprint density at radius 1 is 1.24 bits per heavy atom. The fourth-order valence-electron chi connectivity index (χ4n) is 0.939. The van der Waals surface area contributed by atoms with Crippen molar-refractivity contribution in [1.29, 1.82) is 0 Å². The molecule has 0 spiro atoms. The van der Waals surface area contributed by atoms with Gasteiger partial charge in [-0.3, -0.25) is 4.79 Å². The summed E-state index contributed by atoms with van der Waals surface area (Å²) in [6.07, 6.45) is 2.07. The van der Waals surface area contributed by atoms with Gasteiger partial charge in [0.05, 0.1) is 12.6 Å². The molecule has 0 radical (unpaired) electrons. The van der Waals surface area contributed by atoms with Gasteiger partial charge in [-0.1, -0.05) is 0 Å². The monoisotopic (exact) mass is 316 g/mol. The van der Waals surface area contributed by atoms with Crippen molar-refractivity contribution in [3.05, 3.63) is 0 Å². The molecular formula is C8H27Cl3N4O2. The normalized spacial score (nSPS) is 8.88. The van der Waals surface area contributed by atoms with Crippen LogP contribution in [0.4, 0.5) is 0 Å². The van der Waals surface area contributed by atoms with Crippen LogP contribution in [0, 0.1) is 0 Å². The summed E-state index contributed by atoms with van der Waals surface area (Å²) in [6.45, 7) is 2.90. The van der Waals surface area contributed by atoms with Crippen molar-refractivity contribution in [1.82, 2.24) is 17.6 Å². The summed E-state index contributed by atoms with van der Waals surface area (Å²) < 4.78 is 0. The van der Waals surface area contributed by atoms with E-state index in [1.165, 1.54) is 6.92 Å². The molecule has 1 amide bonds. The van der Waals surface area contributed by atoms with E-state index in [4.69, 9.17) is 0 Å². The highest BCUT2D eigenvalue weighted by atomic mass is 35.5. The van der Waals surface area contributed by atoms with E-state index in [1.54, 1.807) is 0 Å².